The predicted molar refractivity (Wildman–Crippen MR) is 117 cm³/mol. The molecule has 0 spiro atoms. The van der Waals surface area contributed by atoms with Crippen LogP contribution in [0.2, 0.25) is 5.02 Å². The average Bonchev–Trinajstić information content (AvgIpc) is 2.71. The van der Waals surface area contributed by atoms with E-state index in [9.17, 15) is 4.79 Å². The topological polar surface area (TPSA) is 62.6 Å². The Morgan fingerprint density at radius 2 is 1.73 bits per heavy atom. The minimum absolute atomic E-state index is 0.0202. The summed E-state index contributed by atoms with van der Waals surface area (Å²) in [5.41, 5.74) is 1.31. The van der Waals surface area contributed by atoms with Gasteiger partial charge in [0.2, 0.25) is 5.88 Å². The molecule has 0 N–H and O–H groups in total. The summed E-state index contributed by atoms with van der Waals surface area (Å²) >= 11 is 5.88. The third kappa shape index (κ3) is 5.76. The molecular formula is C23H25ClN2O4. The van der Waals surface area contributed by atoms with Gasteiger partial charge in [0, 0.05) is 11.1 Å². The third-order valence-electron chi connectivity index (χ3n) is 4.17. The Balaban J connectivity index is 1.75. The Kier molecular flexibility index (Phi) is 6.67. The molecule has 158 valence electrons. The first-order valence-electron chi connectivity index (χ1n) is 9.52. The lowest BCUT2D eigenvalue weighted by molar-refractivity contribution is 0.191. The molecule has 0 atom stereocenters. The maximum absolute atomic E-state index is 12.6. The van der Waals surface area contributed by atoms with Gasteiger partial charge in [-0.2, -0.15) is 0 Å². The Hall–Kier alpha value is -2.99. The fourth-order valence-electron chi connectivity index (χ4n) is 2.61. The number of ether oxygens (including phenoxy) is 3. The average molecular weight is 429 g/mol. The molecule has 0 aliphatic carbocycles. The van der Waals surface area contributed by atoms with Gasteiger partial charge >= 0.3 is 0 Å². The quantitative estimate of drug-likeness (QED) is 0.535. The molecule has 0 saturated heterocycles. The molecule has 0 amide bonds. The van der Waals surface area contributed by atoms with E-state index < -0.39 is 0 Å². The molecule has 3 rings (SSSR count). The maximum atomic E-state index is 12.6. The van der Waals surface area contributed by atoms with Crippen LogP contribution in [-0.2, 0) is 6.61 Å². The summed E-state index contributed by atoms with van der Waals surface area (Å²) < 4.78 is 18.3. The molecule has 0 bridgehead atoms. The van der Waals surface area contributed by atoms with Crippen molar-refractivity contribution in [2.24, 2.45) is 5.41 Å². The standard InChI is InChI=1S/C23H25ClN2O4/c1-23(2,3)14-30-19-10-9-18(11-20(19)28-4)26-15-25-21(12-22(26)27)29-13-16-5-7-17(24)8-6-16/h5-12,15H,13-14H2,1-4H3. The van der Waals surface area contributed by atoms with E-state index in [2.05, 4.69) is 25.8 Å². The van der Waals surface area contributed by atoms with Crippen LogP contribution in [0.5, 0.6) is 17.4 Å². The molecular weight excluding hydrogens is 404 g/mol. The van der Waals surface area contributed by atoms with Gasteiger partial charge in [-0.15, -0.1) is 0 Å². The van der Waals surface area contributed by atoms with Crippen LogP contribution < -0.4 is 19.8 Å². The van der Waals surface area contributed by atoms with Crippen molar-refractivity contribution in [1.29, 1.82) is 0 Å². The predicted octanol–water partition coefficient (Wildman–Crippen LogP) is 4.90. The molecule has 1 heterocycles. The van der Waals surface area contributed by atoms with Crippen molar-refractivity contribution in [3.05, 3.63) is 75.8 Å². The highest BCUT2D eigenvalue weighted by Gasteiger charge is 2.14. The van der Waals surface area contributed by atoms with E-state index in [0.29, 0.717) is 35.4 Å². The van der Waals surface area contributed by atoms with E-state index in [4.69, 9.17) is 25.8 Å². The number of halogens is 1. The van der Waals surface area contributed by atoms with Gasteiger partial charge in [0.05, 0.1) is 25.5 Å². The SMILES string of the molecule is COc1cc(-n2cnc(OCc3ccc(Cl)cc3)cc2=O)ccc1OCC(C)(C)C. The first-order valence-corrected chi connectivity index (χ1v) is 9.90. The highest BCUT2D eigenvalue weighted by molar-refractivity contribution is 6.30. The van der Waals surface area contributed by atoms with Gasteiger partial charge in [-0.3, -0.25) is 9.36 Å². The lowest BCUT2D eigenvalue weighted by Gasteiger charge is -2.20. The van der Waals surface area contributed by atoms with Crippen molar-refractivity contribution in [3.63, 3.8) is 0 Å². The second-order valence-corrected chi connectivity index (χ2v) is 8.47. The number of benzene rings is 2. The molecule has 0 aliphatic heterocycles. The molecule has 3 aromatic rings. The Morgan fingerprint density at radius 3 is 2.37 bits per heavy atom. The Labute approximate surface area is 181 Å². The van der Waals surface area contributed by atoms with Gasteiger partial charge in [-0.1, -0.05) is 44.5 Å². The molecule has 0 radical (unpaired) electrons. The fourth-order valence-corrected chi connectivity index (χ4v) is 2.74. The molecule has 0 saturated carbocycles. The fraction of sp³-hybridized carbons (Fsp3) is 0.304. The summed E-state index contributed by atoms with van der Waals surface area (Å²) in [4.78, 5) is 16.8. The van der Waals surface area contributed by atoms with E-state index in [1.165, 1.54) is 17.0 Å². The minimum Gasteiger partial charge on any atom is -0.493 e. The van der Waals surface area contributed by atoms with Crippen molar-refractivity contribution in [2.45, 2.75) is 27.4 Å². The lowest BCUT2D eigenvalue weighted by Crippen LogP contribution is -2.19. The van der Waals surface area contributed by atoms with Gasteiger partial charge in [0.25, 0.3) is 5.56 Å². The molecule has 30 heavy (non-hydrogen) atoms. The molecule has 2 aromatic carbocycles. The number of hydrogen-bond donors (Lipinski definition) is 0. The third-order valence-corrected chi connectivity index (χ3v) is 4.42. The highest BCUT2D eigenvalue weighted by atomic mass is 35.5. The van der Waals surface area contributed by atoms with Gasteiger partial charge < -0.3 is 14.2 Å². The smallest absolute Gasteiger partial charge is 0.261 e. The van der Waals surface area contributed by atoms with E-state index >= 15 is 0 Å². The van der Waals surface area contributed by atoms with Crippen LogP contribution in [0.3, 0.4) is 0 Å². The number of hydrogen-bond acceptors (Lipinski definition) is 5. The van der Waals surface area contributed by atoms with Crippen molar-refractivity contribution in [2.75, 3.05) is 13.7 Å². The van der Waals surface area contributed by atoms with Crippen molar-refractivity contribution in [1.82, 2.24) is 9.55 Å². The first kappa shape index (κ1) is 21.7. The number of aromatic nitrogens is 2. The first-order chi connectivity index (χ1) is 14.2. The molecule has 0 fully saturated rings. The van der Waals surface area contributed by atoms with E-state index in [0.717, 1.165) is 5.56 Å². The lowest BCUT2D eigenvalue weighted by atomic mass is 9.99. The number of nitrogens with zero attached hydrogens (tertiary/aromatic N) is 2. The zero-order chi connectivity index (χ0) is 21.7. The van der Waals surface area contributed by atoms with Gasteiger partial charge in [-0.25, -0.2) is 4.98 Å². The van der Waals surface area contributed by atoms with Crippen LogP contribution in [0.4, 0.5) is 0 Å². The summed E-state index contributed by atoms with van der Waals surface area (Å²) in [6.07, 6.45) is 1.43. The normalized spacial score (nSPS) is 11.2. The summed E-state index contributed by atoms with van der Waals surface area (Å²) in [5.74, 6) is 1.43. The Bertz CT molecular complexity index is 1060. The largest absolute Gasteiger partial charge is 0.493 e. The molecule has 1 aromatic heterocycles. The van der Waals surface area contributed by atoms with Crippen molar-refractivity contribution in [3.8, 4) is 23.1 Å². The van der Waals surface area contributed by atoms with Crippen LogP contribution >= 0.6 is 11.6 Å². The van der Waals surface area contributed by atoms with E-state index in [1.807, 2.05) is 12.1 Å². The highest BCUT2D eigenvalue weighted by Crippen LogP contribution is 2.30. The Morgan fingerprint density at radius 1 is 1.00 bits per heavy atom. The molecule has 6 nitrogen and oxygen atoms in total. The van der Waals surface area contributed by atoms with Crippen LogP contribution in [-0.4, -0.2) is 23.3 Å². The van der Waals surface area contributed by atoms with Crippen molar-refractivity contribution >= 4 is 11.6 Å². The number of rotatable bonds is 7. The van der Waals surface area contributed by atoms with E-state index in [1.54, 1.807) is 37.4 Å². The minimum atomic E-state index is -0.262. The summed E-state index contributed by atoms with van der Waals surface area (Å²) in [7, 11) is 1.57. The van der Waals surface area contributed by atoms with Crippen molar-refractivity contribution < 1.29 is 14.2 Å². The zero-order valence-corrected chi connectivity index (χ0v) is 18.3. The monoisotopic (exact) mass is 428 g/mol. The second kappa shape index (κ2) is 9.22. The number of methoxy groups -OCH3 is 1. The van der Waals surface area contributed by atoms with Crippen LogP contribution in [0.1, 0.15) is 26.3 Å². The van der Waals surface area contributed by atoms with Gasteiger partial charge in [0.1, 0.15) is 12.9 Å². The molecule has 0 aliphatic rings. The summed E-state index contributed by atoms with van der Waals surface area (Å²) in [6.45, 7) is 7.12. The van der Waals surface area contributed by atoms with Gasteiger partial charge in [0.15, 0.2) is 11.5 Å². The molecule has 0 unspecified atom stereocenters. The van der Waals surface area contributed by atoms with Crippen LogP contribution in [0.25, 0.3) is 5.69 Å². The van der Waals surface area contributed by atoms with Crippen LogP contribution in [0, 0.1) is 5.41 Å². The zero-order valence-electron chi connectivity index (χ0n) is 17.5. The second-order valence-electron chi connectivity index (χ2n) is 8.04. The maximum Gasteiger partial charge on any atom is 0.261 e. The van der Waals surface area contributed by atoms with Crippen LogP contribution in [0.15, 0.2) is 59.7 Å². The van der Waals surface area contributed by atoms with E-state index in [-0.39, 0.29) is 16.9 Å². The summed E-state index contributed by atoms with van der Waals surface area (Å²) in [5, 5.41) is 0.657. The summed E-state index contributed by atoms with van der Waals surface area (Å²) in [6, 6.07) is 14.0. The van der Waals surface area contributed by atoms with Gasteiger partial charge in [-0.05, 0) is 35.2 Å². The molecule has 7 heteroatoms.